The van der Waals surface area contributed by atoms with Gasteiger partial charge in [0, 0.05) is 52.4 Å². The van der Waals surface area contributed by atoms with Crippen molar-refractivity contribution in [1.29, 1.82) is 5.26 Å². The van der Waals surface area contributed by atoms with Crippen LogP contribution in [-0.2, 0) is 25.4 Å². The van der Waals surface area contributed by atoms with E-state index < -0.39 is 5.91 Å². The Hall–Kier alpha value is -4.70. The van der Waals surface area contributed by atoms with Crippen LogP contribution in [0.4, 0.5) is 11.5 Å². The molecule has 2 fully saturated rings. The smallest absolute Gasteiger partial charge is 0.296 e. The number of thiocarbonyl (C=S) groups is 1. The number of benzene rings is 2. The molecule has 0 bridgehead atoms. The largest absolute Gasteiger partial charge is 0.355 e. The molecule has 234 valence electrons. The summed E-state index contributed by atoms with van der Waals surface area (Å²) in [5.74, 6) is 0.222. The highest BCUT2D eigenvalue weighted by molar-refractivity contribution is 8.27. The van der Waals surface area contributed by atoms with Crippen molar-refractivity contribution in [3.8, 4) is 11.8 Å². The van der Waals surface area contributed by atoms with Crippen LogP contribution in [0.1, 0.15) is 27.9 Å². The zero-order valence-corrected chi connectivity index (χ0v) is 27.7. The van der Waals surface area contributed by atoms with Gasteiger partial charge in [0.25, 0.3) is 17.0 Å². The van der Waals surface area contributed by atoms with Crippen LogP contribution >= 0.6 is 24.0 Å². The van der Waals surface area contributed by atoms with Gasteiger partial charge >= 0.3 is 0 Å². The maximum atomic E-state index is 14.0. The average molecular weight is 652 g/mol. The van der Waals surface area contributed by atoms with Gasteiger partial charge in [0.15, 0.2) is 4.32 Å². The third-order valence-electron chi connectivity index (χ3n) is 8.71. The van der Waals surface area contributed by atoms with E-state index in [0.29, 0.717) is 46.3 Å². The molecular weight excluding hydrogens is 619 g/mol. The summed E-state index contributed by atoms with van der Waals surface area (Å²) in [4.78, 5) is 47.2. The fraction of sp³-hybridized carbons (Fsp3) is 0.265. The second kappa shape index (κ2) is 12.6. The number of carbonyl (C=O) groups is 1. The van der Waals surface area contributed by atoms with Gasteiger partial charge in [-0.05, 0) is 43.2 Å². The van der Waals surface area contributed by atoms with E-state index >= 15 is 0 Å². The van der Waals surface area contributed by atoms with Gasteiger partial charge in [0.2, 0.25) is 0 Å². The van der Waals surface area contributed by atoms with E-state index in [-0.39, 0.29) is 26.7 Å². The van der Waals surface area contributed by atoms with Gasteiger partial charge in [0.05, 0.1) is 16.3 Å². The van der Waals surface area contributed by atoms with Crippen LogP contribution in [0.15, 0.2) is 75.2 Å². The molecule has 0 unspecified atom stereocenters. The number of para-hydroxylation sites is 1. The number of hydrogen-bond acceptors (Lipinski definition) is 8. The molecule has 1 amide bonds. The Kier molecular flexibility index (Phi) is 8.57. The third-order valence-corrected chi connectivity index (χ3v) is 10.0. The SMILES string of the molecule is Cc1c(/C=C2/SC(=S)N(c3c(C)n(C)n(-c4ccccc4)c3=O)C2=O)c(N2CCN(Cc3ccccc3)CC2)n(C)c(=O)c1C#N. The lowest BCUT2D eigenvalue weighted by molar-refractivity contribution is -0.113. The number of pyridine rings is 1. The molecule has 10 nitrogen and oxygen atoms in total. The van der Waals surface area contributed by atoms with Crippen molar-refractivity contribution in [3.63, 3.8) is 0 Å². The van der Waals surface area contributed by atoms with Crippen LogP contribution in [0.2, 0.25) is 0 Å². The molecule has 2 aromatic carbocycles. The van der Waals surface area contributed by atoms with E-state index in [0.717, 1.165) is 31.4 Å². The van der Waals surface area contributed by atoms with Gasteiger partial charge in [0.1, 0.15) is 23.1 Å². The maximum Gasteiger partial charge on any atom is 0.296 e. The highest BCUT2D eigenvalue weighted by Gasteiger charge is 2.38. The molecule has 4 heterocycles. The Morgan fingerprint density at radius 3 is 2.17 bits per heavy atom. The van der Waals surface area contributed by atoms with Crippen LogP contribution < -0.4 is 20.9 Å². The number of carbonyl (C=O) groups excluding carboxylic acids is 1. The molecule has 2 aromatic heterocycles. The zero-order valence-electron chi connectivity index (χ0n) is 26.1. The Bertz CT molecular complexity index is 2050. The first-order chi connectivity index (χ1) is 22.1. The summed E-state index contributed by atoms with van der Waals surface area (Å²) in [6, 6.07) is 21.6. The van der Waals surface area contributed by atoms with Crippen LogP contribution in [-0.4, -0.2) is 55.2 Å². The Morgan fingerprint density at radius 2 is 1.54 bits per heavy atom. The molecule has 46 heavy (non-hydrogen) atoms. The second-order valence-corrected chi connectivity index (χ2v) is 13.1. The summed E-state index contributed by atoms with van der Waals surface area (Å²) in [5.41, 5.74) is 3.10. The molecule has 0 radical (unpaired) electrons. The number of thioether (sulfide) groups is 1. The van der Waals surface area contributed by atoms with Gasteiger partial charge < -0.3 is 4.90 Å². The van der Waals surface area contributed by atoms with Gasteiger partial charge in [-0.15, -0.1) is 0 Å². The van der Waals surface area contributed by atoms with Crippen molar-refractivity contribution in [2.75, 3.05) is 36.0 Å². The predicted molar refractivity (Wildman–Crippen MR) is 186 cm³/mol. The van der Waals surface area contributed by atoms with Gasteiger partial charge in [-0.1, -0.05) is 72.5 Å². The number of hydrogen-bond donors (Lipinski definition) is 0. The molecule has 12 heteroatoms. The minimum Gasteiger partial charge on any atom is -0.355 e. The van der Waals surface area contributed by atoms with E-state index in [2.05, 4.69) is 28.0 Å². The number of anilines is 2. The molecular formula is C34H33N7O3S2. The Labute approximate surface area is 276 Å². The lowest BCUT2D eigenvalue weighted by Gasteiger charge is -2.37. The van der Waals surface area contributed by atoms with Crippen molar-refractivity contribution in [3.05, 3.63) is 114 Å². The summed E-state index contributed by atoms with van der Waals surface area (Å²) in [5, 5.41) is 9.91. The Balaban J connectivity index is 1.37. The minimum absolute atomic E-state index is 0.0281. The van der Waals surface area contributed by atoms with Crippen LogP contribution in [0.3, 0.4) is 0 Å². The highest BCUT2D eigenvalue weighted by Crippen LogP contribution is 2.38. The van der Waals surface area contributed by atoms with Crippen molar-refractivity contribution < 1.29 is 4.79 Å². The Morgan fingerprint density at radius 1 is 0.913 bits per heavy atom. The first-order valence-corrected chi connectivity index (χ1v) is 16.1. The third kappa shape index (κ3) is 5.40. The molecule has 0 saturated carbocycles. The van der Waals surface area contributed by atoms with E-state index in [1.165, 1.54) is 19.7 Å². The first kappa shape index (κ1) is 31.3. The van der Waals surface area contributed by atoms with E-state index in [4.69, 9.17) is 12.2 Å². The number of rotatable bonds is 6. The van der Waals surface area contributed by atoms with Crippen molar-refractivity contribution in [2.45, 2.75) is 20.4 Å². The quantitative estimate of drug-likeness (QED) is 0.227. The molecule has 0 atom stereocenters. The monoisotopic (exact) mass is 651 g/mol. The number of piperazine rings is 1. The standard InChI is InChI=1S/C34H33N7O3S2/c1-22-26(30(36(3)31(42)27(22)20-35)39-17-15-38(16-18-39)21-24-11-7-5-8-12-24)19-28-32(43)40(34(45)46-28)29-23(2)37(4)41(33(29)44)25-13-9-6-10-14-25/h5-14,19H,15-18,21H2,1-4H3/b28-19+. The normalized spacial score (nSPS) is 16.5. The van der Waals surface area contributed by atoms with Crippen LogP contribution in [0.25, 0.3) is 11.8 Å². The number of amides is 1. The summed E-state index contributed by atoms with van der Waals surface area (Å²) in [6.07, 6.45) is 1.72. The lowest BCUT2D eigenvalue weighted by atomic mass is 10.0. The second-order valence-electron chi connectivity index (χ2n) is 11.4. The minimum atomic E-state index is -0.425. The summed E-state index contributed by atoms with van der Waals surface area (Å²) < 4.78 is 4.96. The predicted octanol–water partition coefficient (Wildman–Crippen LogP) is 4.09. The molecule has 2 saturated heterocycles. The summed E-state index contributed by atoms with van der Waals surface area (Å²) in [6.45, 7) is 7.24. The van der Waals surface area contributed by atoms with Gasteiger partial charge in [-0.25, -0.2) is 4.68 Å². The molecule has 2 aliphatic heterocycles. The van der Waals surface area contributed by atoms with Crippen LogP contribution in [0, 0.1) is 25.2 Å². The average Bonchev–Trinajstić information content (AvgIpc) is 3.45. The van der Waals surface area contributed by atoms with Crippen molar-refractivity contribution in [1.82, 2.24) is 18.8 Å². The van der Waals surface area contributed by atoms with Crippen molar-refractivity contribution >= 4 is 51.8 Å². The fourth-order valence-electron chi connectivity index (χ4n) is 6.16. The molecule has 0 N–H and O–H groups in total. The lowest BCUT2D eigenvalue weighted by Crippen LogP contribution is -2.48. The molecule has 2 aliphatic rings. The molecule has 6 rings (SSSR count). The zero-order chi connectivity index (χ0) is 32.7. The number of nitriles is 1. The van der Waals surface area contributed by atoms with E-state index in [1.807, 2.05) is 48.5 Å². The van der Waals surface area contributed by atoms with E-state index in [9.17, 15) is 19.6 Å². The number of aromatic nitrogens is 3. The maximum absolute atomic E-state index is 14.0. The van der Waals surface area contributed by atoms with Crippen molar-refractivity contribution in [2.24, 2.45) is 14.1 Å². The van der Waals surface area contributed by atoms with Crippen LogP contribution in [0.5, 0.6) is 0 Å². The first-order valence-electron chi connectivity index (χ1n) is 14.9. The fourth-order valence-corrected chi connectivity index (χ4v) is 7.41. The van der Waals surface area contributed by atoms with Gasteiger partial charge in [-0.2, -0.15) is 5.26 Å². The molecule has 0 spiro atoms. The molecule has 0 aliphatic carbocycles. The summed E-state index contributed by atoms with van der Waals surface area (Å²) in [7, 11) is 3.43. The van der Waals surface area contributed by atoms with Gasteiger partial charge in [-0.3, -0.25) is 33.4 Å². The highest BCUT2D eigenvalue weighted by atomic mass is 32.2. The summed E-state index contributed by atoms with van der Waals surface area (Å²) >= 11 is 6.78. The topological polar surface area (TPSA) is 99.5 Å². The number of nitrogens with zero attached hydrogens (tertiary/aromatic N) is 7. The molecule has 4 aromatic rings. The van der Waals surface area contributed by atoms with E-state index in [1.54, 1.807) is 38.7 Å².